The van der Waals surface area contributed by atoms with Crippen molar-refractivity contribution >= 4 is 10.0 Å². The van der Waals surface area contributed by atoms with E-state index in [4.69, 9.17) is 9.47 Å². The highest BCUT2D eigenvalue weighted by molar-refractivity contribution is 7.89. The zero-order valence-corrected chi connectivity index (χ0v) is 16.1. The van der Waals surface area contributed by atoms with E-state index < -0.39 is 10.0 Å². The summed E-state index contributed by atoms with van der Waals surface area (Å²) in [5, 5.41) is 0. The number of hydrogen-bond acceptors (Lipinski definition) is 5. The Morgan fingerprint density at radius 1 is 1.12 bits per heavy atom. The molecule has 0 amide bonds. The van der Waals surface area contributed by atoms with Gasteiger partial charge in [-0.15, -0.1) is 0 Å². The molecular weight excluding hydrogens is 328 g/mol. The van der Waals surface area contributed by atoms with Crippen LogP contribution >= 0.6 is 0 Å². The monoisotopic (exact) mass is 358 g/mol. The molecule has 24 heavy (non-hydrogen) atoms. The first-order chi connectivity index (χ1) is 11.4. The number of nitrogens with zero attached hydrogens (tertiary/aromatic N) is 1. The second-order valence-corrected chi connectivity index (χ2v) is 7.42. The third-order valence-electron chi connectivity index (χ3n) is 4.03. The second-order valence-electron chi connectivity index (χ2n) is 5.71. The van der Waals surface area contributed by atoms with Crippen LogP contribution in [-0.2, 0) is 10.0 Å². The maximum atomic E-state index is 12.5. The summed E-state index contributed by atoms with van der Waals surface area (Å²) in [5.74, 6) is 0.901. The molecule has 0 bridgehead atoms. The zero-order valence-electron chi connectivity index (χ0n) is 15.3. The predicted octanol–water partition coefficient (Wildman–Crippen LogP) is 2.49. The molecule has 7 heteroatoms. The maximum Gasteiger partial charge on any atom is 0.240 e. The average Bonchev–Trinajstić information content (AvgIpc) is 2.57. The quantitative estimate of drug-likeness (QED) is 0.658. The summed E-state index contributed by atoms with van der Waals surface area (Å²) in [4.78, 5) is 2.51. The molecule has 1 aromatic rings. The topological polar surface area (TPSA) is 67.9 Å². The first-order valence-electron chi connectivity index (χ1n) is 8.34. The van der Waals surface area contributed by atoms with Crippen LogP contribution in [0.3, 0.4) is 0 Å². The van der Waals surface area contributed by atoms with Crippen molar-refractivity contribution in [2.75, 3.05) is 33.9 Å². The van der Waals surface area contributed by atoms with Crippen molar-refractivity contribution in [3.8, 4) is 11.5 Å². The minimum absolute atomic E-state index is 0.126. The van der Waals surface area contributed by atoms with Gasteiger partial charge in [-0.2, -0.15) is 0 Å². The van der Waals surface area contributed by atoms with Gasteiger partial charge in [0.2, 0.25) is 10.0 Å². The lowest BCUT2D eigenvalue weighted by molar-refractivity contribution is 0.293. The minimum atomic E-state index is -3.58. The van der Waals surface area contributed by atoms with Gasteiger partial charge in [-0.3, -0.25) is 0 Å². The number of hydrogen-bond donors (Lipinski definition) is 1. The molecule has 1 atom stereocenters. The Bertz CT molecular complexity index is 601. The summed E-state index contributed by atoms with van der Waals surface area (Å²) in [6.45, 7) is 9.17. The Kier molecular flexibility index (Phi) is 8.52. The standard InChI is InChI=1S/C17H30N2O4S/c1-6-19(7-2)12-8-9-14(3)18-24(20,21)15-10-11-16(22-4)17(13-15)23-5/h10-11,13-14,18H,6-9,12H2,1-5H3. The van der Waals surface area contributed by atoms with E-state index in [1.54, 1.807) is 6.07 Å². The molecule has 0 aliphatic rings. The second kappa shape index (κ2) is 9.86. The summed E-state index contributed by atoms with van der Waals surface area (Å²) < 4.78 is 38.0. The summed E-state index contributed by atoms with van der Waals surface area (Å²) >= 11 is 0. The highest BCUT2D eigenvalue weighted by Gasteiger charge is 2.19. The highest BCUT2D eigenvalue weighted by Crippen LogP contribution is 2.29. The molecule has 0 fully saturated rings. The third-order valence-corrected chi connectivity index (χ3v) is 5.61. The van der Waals surface area contributed by atoms with Crippen molar-refractivity contribution in [3.05, 3.63) is 18.2 Å². The number of nitrogens with one attached hydrogen (secondary N) is 1. The molecule has 1 rings (SSSR count). The van der Waals surface area contributed by atoms with E-state index in [0.717, 1.165) is 32.5 Å². The molecule has 1 aromatic carbocycles. The Morgan fingerprint density at radius 2 is 1.75 bits per heavy atom. The largest absolute Gasteiger partial charge is 0.493 e. The van der Waals surface area contributed by atoms with Crippen LogP contribution in [-0.4, -0.2) is 53.2 Å². The van der Waals surface area contributed by atoms with Crippen molar-refractivity contribution in [1.82, 2.24) is 9.62 Å². The van der Waals surface area contributed by atoms with E-state index in [2.05, 4.69) is 23.5 Å². The van der Waals surface area contributed by atoms with Gasteiger partial charge < -0.3 is 14.4 Å². The molecule has 6 nitrogen and oxygen atoms in total. The predicted molar refractivity (Wildman–Crippen MR) is 96.4 cm³/mol. The van der Waals surface area contributed by atoms with Gasteiger partial charge >= 0.3 is 0 Å². The average molecular weight is 359 g/mol. The van der Waals surface area contributed by atoms with Gasteiger partial charge in [0.25, 0.3) is 0 Å². The van der Waals surface area contributed by atoms with Crippen molar-refractivity contribution < 1.29 is 17.9 Å². The van der Waals surface area contributed by atoms with E-state index in [9.17, 15) is 8.42 Å². The van der Waals surface area contributed by atoms with Crippen LogP contribution in [0.25, 0.3) is 0 Å². The van der Waals surface area contributed by atoms with Gasteiger partial charge in [0, 0.05) is 12.1 Å². The minimum Gasteiger partial charge on any atom is -0.493 e. The normalized spacial score (nSPS) is 13.1. The van der Waals surface area contributed by atoms with Crippen molar-refractivity contribution in [2.45, 2.75) is 44.6 Å². The lowest BCUT2D eigenvalue weighted by Crippen LogP contribution is -2.33. The fourth-order valence-electron chi connectivity index (χ4n) is 2.54. The Labute approximate surface area is 146 Å². The molecule has 0 radical (unpaired) electrons. The first kappa shape index (κ1) is 20.7. The maximum absolute atomic E-state index is 12.5. The van der Waals surface area contributed by atoms with E-state index in [1.807, 2.05) is 6.92 Å². The summed E-state index contributed by atoms with van der Waals surface area (Å²) in [5.41, 5.74) is 0. The first-order valence-corrected chi connectivity index (χ1v) is 9.82. The third kappa shape index (κ3) is 5.96. The summed E-state index contributed by atoms with van der Waals surface area (Å²) in [6, 6.07) is 4.47. The van der Waals surface area contributed by atoms with Gasteiger partial charge in [-0.05, 0) is 51.5 Å². The Hall–Kier alpha value is -1.31. The molecule has 0 aliphatic heterocycles. The molecule has 1 unspecified atom stereocenters. The fraction of sp³-hybridized carbons (Fsp3) is 0.647. The van der Waals surface area contributed by atoms with Crippen molar-refractivity contribution in [3.63, 3.8) is 0 Å². The SMILES string of the molecule is CCN(CC)CCCC(C)NS(=O)(=O)c1ccc(OC)c(OC)c1. The lowest BCUT2D eigenvalue weighted by Gasteiger charge is -2.20. The molecular formula is C17H30N2O4S. The van der Waals surface area contributed by atoms with Crippen molar-refractivity contribution in [1.29, 1.82) is 0 Å². The van der Waals surface area contributed by atoms with Gasteiger partial charge in [0.05, 0.1) is 19.1 Å². The van der Waals surface area contributed by atoms with Crippen LogP contribution < -0.4 is 14.2 Å². The smallest absolute Gasteiger partial charge is 0.240 e. The number of sulfonamides is 1. The molecule has 0 spiro atoms. The number of methoxy groups -OCH3 is 2. The number of ether oxygens (including phenoxy) is 2. The number of rotatable bonds is 11. The molecule has 0 saturated heterocycles. The van der Waals surface area contributed by atoms with Gasteiger partial charge in [-0.25, -0.2) is 13.1 Å². The molecule has 0 heterocycles. The van der Waals surface area contributed by atoms with E-state index in [0.29, 0.717) is 11.5 Å². The van der Waals surface area contributed by atoms with Gasteiger partial charge in [0.15, 0.2) is 11.5 Å². The van der Waals surface area contributed by atoms with Crippen LogP contribution in [0.4, 0.5) is 0 Å². The van der Waals surface area contributed by atoms with Crippen LogP contribution in [0.15, 0.2) is 23.1 Å². The van der Waals surface area contributed by atoms with Gasteiger partial charge in [-0.1, -0.05) is 13.8 Å². The van der Waals surface area contributed by atoms with Crippen LogP contribution in [0, 0.1) is 0 Å². The molecule has 0 saturated carbocycles. The van der Waals surface area contributed by atoms with Crippen LogP contribution in [0.2, 0.25) is 0 Å². The highest BCUT2D eigenvalue weighted by atomic mass is 32.2. The summed E-state index contributed by atoms with van der Waals surface area (Å²) in [6.07, 6.45) is 1.75. The Balaban J connectivity index is 2.68. The summed E-state index contributed by atoms with van der Waals surface area (Å²) in [7, 11) is -0.578. The van der Waals surface area contributed by atoms with Gasteiger partial charge in [0.1, 0.15) is 0 Å². The lowest BCUT2D eigenvalue weighted by atomic mass is 10.2. The molecule has 138 valence electrons. The molecule has 0 aromatic heterocycles. The van der Waals surface area contributed by atoms with E-state index in [1.165, 1.54) is 26.4 Å². The fourth-order valence-corrected chi connectivity index (χ4v) is 3.83. The zero-order chi connectivity index (χ0) is 18.2. The molecule has 1 N–H and O–H groups in total. The van der Waals surface area contributed by atoms with Crippen LogP contribution in [0.1, 0.15) is 33.6 Å². The van der Waals surface area contributed by atoms with Crippen molar-refractivity contribution in [2.24, 2.45) is 0 Å². The van der Waals surface area contributed by atoms with E-state index in [-0.39, 0.29) is 10.9 Å². The Morgan fingerprint density at radius 3 is 2.29 bits per heavy atom. The molecule has 0 aliphatic carbocycles. The number of benzene rings is 1. The van der Waals surface area contributed by atoms with Crippen LogP contribution in [0.5, 0.6) is 11.5 Å². The van der Waals surface area contributed by atoms with E-state index >= 15 is 0 Å².